The number of pyridine rings is 2. The number of aromatic nitrogens is 4. The number of aliphatic hydroxyl groups excluding tert-OH is 1. The first kappa shape index (κ1) is 23.2. The summed E-state index contributed by atoms with van der Waals surface area (Å²) in [6.07, 6.45) is 3.89. The third-order valence-electron chi connectivity index (χ3n) is 6.84. The number of anilines is 3. The molecule has 5 heterocycles. The van der Waals surface area contributed by atoms with Gasteiger partial charge in [0.1, 0.15) is 30.5 Å². The van der Waals surface area contributed by atoms with Crippen molar-refractivity contribution in [3.63, 3.8) is 0 Å². The standard InChI is InChI=1S/C26H26FN7O3/c1-15-20(13-30-26-25(15)28-5-9-37-26)18-3-2-16-12-29-21(11-19(16)24(18)27)31-22-10-17-4-6-33(7-8-35)23(36)14-34(17)32-22/h2-3,10-13,28,35H,4-9,14H2,1H3,(H,29,31,32). The second-order valence-electron chi connectivity index (χ2n) is 9.13. The van der Waals surface area contributed by atoms with Crippen LogP contribution in [0, 0.1) is 12.7 Å². The maximum absolute atomic E-state index is 15.8. The van der Waals surface area contributed by atoms with Gasteiger partial charge in [-0.05, 0) is 18.6 Å². The largest absolute Gasteiger partial charge is 0.474 e. The maximum Gasteiger partial charge on any atom is 0.244 e. The van der Waals surface area contributed by atoms with Crippen molar-refractivity contribution < 1.29 is 19.0 Å². The van der Waals surface area contributed by atoms with Crippen LogP contribution >= 0.6 is 0 Å². The number of carbonyl (C=O) groups is 1. The van der Waals surface area contributed by atoms with E-state index in [4.69, 9.17) is 4.74 Å². The van der Waals surface area contributed by atoms with Gasteiger partial charge in [-0.25, -0.2) is 14.4 Å². The Bertz CT molecular complexity index is 1520. The molecule has 2 aliphatic rings. The molecule has 3 N–H and O–H groups in total. The summed E-state index contributed by atoms with van der Waals surface area (Å²) in [6.45, 7) is 4.02. The average Bonchev–Trinajstić information content (AvgIpc) is 3.21. The zero-order chi connectivity index (χ0) is 25.5. The molecule has 0 aliphatic carbocycles. The summed E-state index contributed by atoms with van der Waals surface area (Å²) >= 11 is 0. The van der Waals surface area contributed by atoms with E-state index >= 15 is 4.39 Å². The number of nitrogens with zero attached hydrogens (tertiary/aromatic N) is 5. The number of β-amino-alcohol motifs (C(OH)–C–C–N with tert-alkyl or cyclic N) is 1. The molecular weight excluding hydrogens is 477 g/mol. The number of amides is 1. The number of carbonyl (C=O) groups excluding carboxylic acids is 1. The molecule has 0 spiro atoms. The predicted octanol–water partition coefficient (Wildman–Crippen LogP) is 2.87. The van der Waals surface area contributed by atoms with Gasteiger partial charge in [-0.1, -0.05) is 12.1 Å². The third kappa shape index (κ3) is 4.20. The highest BCUT2D eigenvalue weighted by Crippen LogP contribution is 2.38. The number of hydrogen-bond acceptors (Lipinski definition) is 8. The molecule has 1 aromatic carbocycles. The lowest BCUT2D eigenvalue weighted by molar-refractivity contribution is -0.132. The minimum absolute atomic E-state index is 0.0688. The lowest BCUT2D eigenvalue weighted by Crippen LogP contribution is -2.35. The molecule has 190 valence electrons. The Morgan fingerprint density at radius 2 is 2.08 bits per heavy atom. The Morgan fingerprint density at radius 3 is 2.95 bits per heavy atom. The third-order valence-corrected chi connectivity index (χ3v) is 6.84. The fourth-order valence-electron chi connectivity index (χ4n) is 4.89. The zero-order valence-corrected chi connectivity index (χ0v) is 20.3. The SMILES string of the molecule is Cc1c(-c2ccc3cnc(Nc4cc5n(n4)CC(=O)N(CCO)CC5)cc3c2F)cnc2c1NCCO2. The lowest BCUT2D eigenvalue weighted by Gasteiger charge is -2.21. The van der Waals surface area contributed by atoms with E-state index in [-0.39, 0.29) is 24.9 Å². The number of halogens is 1. The number of nitrogens with one attached hydrogen (secondary N) is 2. The zero-order valence-electron chi connectivity index (χ0n) is 20.3. The second kappa shape index (κ2) is 9.32. The molecule has 1 amide bonds. The van der Waals surface area contributed by atoms with Crippen molar-refractivity contribution in [3.05, 3.63) is 53.7 Å². The van der Waals surface area contributed by atoms with E-state index in [0.29, 0.717) is 72.1 Å². The maximum atomic E-state index is 15.8. The average molecular weight is 504 g/mol. The molecule has 4 aromatic rings. The summed E-state index contributed by atoms with van der Waals surface area (Å²) in [7, 11) is 0. The summed E-state index contributed by atoms with van der Waals surface area (Å²) in [4.78, 5) is 22.9. The Morgan fingerprint density at radius 1 is 1.19 bits per heavy atom. The minimum Gasteiger partial charge on any atom is -0.474 e. The lowest BCUT2D eigenvalue weighted by atomic mass is 9.98. The topological polar surface area (TPSA) is 117 Å². The van der Waals surface area contributed by atoms with E-state index in [0.717, 1.165) is 16.9 Å². The molecule has 11 heteroatoms. The van der Waals surface area contributed by atoms with Crippen molar-refractivity contribution >= 4 is 34.0 Å². The highest BCUT2D eigenvalue weighted by Gasteiger charge is 2.22. The van der Waals surface area contributed by atoms with Crippen molar-refractivity contribution in [1.29, 1.82) is 0 Å². The Labute approximate surface area is 212 Å². The number of hydrogen-bond donors (Lipinski definition) is 3. The molecule has 0 radical (unpaired) electrons. The van der Waals surface area contributed by atoms with Gasteiger partial charge in [0, 0.05) is 72.1 Å². The van der Waals surface area contributed by atoms with Crippen molar-refractivity contribution in [3.8, 4) is 17.0 Å². The summed E-state index contributed by atoms with van der Waals surface area (Å²) < 4.78 is 23.1. The van der Waals surface area contributed by atoms with Crippen LogP contribution in [0.1, 0.15) is 11.3 Å². The van der Waals surface area contributed by atoms with Gasteiger partial charge < -0.3 is 25.4 Å². The number of fused-ring (bicyclic) bond motifs is 3. The number of aliphatic hydroxyl groups is 1. The van der Waals surface area contributed by atoms with Crippen molar-refractivity contribution in [2.75, 3.05) is 43.5 Å². The molecule has 6 rings (SSSR count). The molecule has 2 aliphatic heterocycles. The number of ether oxygens (including phenoxy) is 1. The molecule has 0 atom stereocenters. The van der Waals surface area contributed by atoms with E-state index in [1.807, 2.05) is 19.1 Å². The van der Waals surface area contributed by atoms with Crippen LogP contribution in [0.4, 0.5) is 21.7 Å². The van der Waals surface area contributed by atoms with Crippen LogP contribution in [0.5, 0.6) is 5.88 Å². The van der Waals surface area contributed by atoms with Gasteiger partial charge in [-0.2, -0.15) is 5.10 Å². The van der Waals surface area contributed by atoms with Crippen molar-refractivity contribution in [2.24, 2.45) is 0 Å². The summed E-state index contributed by atoms with van der Waals surface area (Å²) in [5, 5.41) is 21.2. The first-order chi connectivity index (χ1) is 18.0. The summed E-state index contributed by atoms with van der Waals surface area (Å²) in [5.74, 6) is 1.06. The Kier molecular flexibility index (Phi) is 5.84. The van der Waals surface area contributed by atoms with Gasteiger partial charge in [-0.15, -0.1) is 0 Å². The highest BCUT2D eigenvalue weighted by atomic mass is 19.1. The molecule has 3 aromatic heterocycles. The summed E-state index contributed by atoms with van der Waals surface area (Å²) in [6, 6.07) is 7.12. The van der Waals surface area contributed by atoms with Crippen molar-refractivity contribution in [1.82, 2.24) is 24.6 Å². The van der Waals surface area contributed by atoms with Crippen LogP contribution in [0.25, 0.3) is 21.9 Å². The quantitative estimate of drug-likeness (QED) is 0.381. The molecule has 0 unspecified atom stereocenters. The smallest absolute Gasteiger partial charge is 0.244 e. The molecule has 0 bridgehead atoms. The molecule has 0 saturated carbocycles. The van der Waals surface area contributed by atoms with E-state index < -0.39 is 0 Å². The van der Waals surface area contributed by atoms with Gasteiger partial charge in [-0.3, -0.25) is 9.48 Å². The van der Waals surface area contributed by atoms with Crippen LogP contribution in [0.3, 0.4) is 0 Å². The van der Waals surface area contributed by atoms with Gasteiger partial charge >= 0.3 is 0 Å². The van der Waals surface area contributed by atoms with E-state index in [9.17, 15) is 9.90 Å². The molecule has 37 heavy (non-hydrogen) atoms. The first-order valence-electron chi connectivity index (χ1n) is 12.2. The second-order valence-corrected chi connectivity index (χ2v) is 9.13. The van der Waals surface area contributed by atoms with Gasteiger partial charge in [0.25, 0.3) is 0 Å². The van der Waals surface area contributed by atoms with Crippen molar-refractivity contribution in [2.45, 2.75) is 19.9 Å². The molecular formula is C26H26FN7O3. The van der Waals surface area contributed by atoms with E-state index in [1.165, 1.54) is 0 Å². The monoisotopic (exact) mass is 503 g/mol. The number of rotatable bonds is 5. The highest BCUT2D eigenvalue weighted by molar-refractivity contribution is 5.91. The van der Waals surface area contributed by atoms with Crippen LogP contribution in [0.2, 0.25) is 0 Å². The Balaban J connectivity index is 1.30. The van der Waals surface area contributed by atoms with Crippen LogP contribution in [-0.2, 0) is 17.8 Å². The van der Waals surface area contributed by atoms with Crippen LogP contribution in [0.15, 0.2) is 36.7 Å². The molecule has 10 nitrogen and oxygen atoms in total. The van der Waals surface area contributed by atoms with Gasteiger partial charge in [0.05, 0.1) is 6.61 Å². The first-order valence-corrected chi connectivity index (χ1v) is 12.2. The summed E-state index contributed by atoms with van der Waals surface area (Å²) in [5.41, 5.74) is 3.71. The van der Waals surface area contributed by atoms with Gasteiger partial charge in [0.2, 0.25) is 11.8 Å². The van der Waals surface area contributed by atoms with E-state index in [1.54, 1.807) is 34.1 Å². The van der Waals surface area contributed by atoms with Crippen LogP contribution < -0.4 is 15.4 Å². The molecule has 0 fully saturated rings. The molecule has 0 saturated heterocycles. The number of benzene rings is 1. The minimum atomic E-state index is -0.361. The fourth-order valence-corrected chi connectivity index (χ4v) is 4.89. The fraction of sp³-hybridized carbons (Fsp3) is 0.308. The van der Waals surface area contributed by atoms with Gasteiger partial charge in [0.15, 0.2) is 5.82 Å². The van der Waals surface area contributed by atoms with E-state index in [2.05, 4.69) is 25.7 Å². The predicted molar refractivity (Wildman–Crippen MR) is 137 cm³/mol. The normalized spacial score (nSPS) is 15.0. The van der Waals surface area contributed by atoms with Crippen LogP contribution in [-0.4, -0.2) is 68.5 Å². The Hall–Kier alpha value is -4.25.